The molecular formula is C14H15ClF2N2O2. The van der Waals surface area contributed by atoms with Gasteiger partial charge in [0.25, 0.3) is 6.43 Å². The number of halogens is 3. The van der Waals surface area contributed by atoms with E-state index in [4.69, 9.17) is 21.1 Å². The van der Waals surface area contributed by atoms with Gasteiger partial charge in [-0.25, -0.2) is 13.8 Å². The lowest BCUT2D eigenvalue weighted by Gasteiger charge is -2.18. The van der Waals surface area contributed by atoms with E-state index in [0.717, 1.165) is 5.56 Å². The first-order chi connectivity index (χ1) is 10.1. The lowest BCUT2D eigenvalue weighted by Crippen LogP contribution is -2.31. The van der Waals surface area contributed by atoms with Crippen LogP contribution in [0.5, 0.6) is 0 Å². The Balaban J connectivity index is 2.08. The van der Waals surface area contributed by atoms with Crippen molar-refractivity contribution in [3.05, 3.63) is 41.4 Å². The van der Waals surface area contributed by atoms with E-state index < -0.39 is 13.0 Å². The Morgan fingerprint density at radius 2 is 2.19 bits per heavy atom. The molecule has 1 heterocycles. The second kappa shape index (κ2) is 7.49. The van der Waals surface area contributed by atoms with Gasteiger partial charge in [0.1, 0.15) is 0 Å². The number of aliphatic hydroxyl groups excluding tert-OH is 1. The molecule has 0 spiro atoms. The van der Waals surface area contributed by atoms with Crippen LogP contribution in [0.1, 0.15) is 5.89 Å². The minimum atomic E-state index is -2.47. The second-order valence-electron chi connectivity index (χ2n) is 4.48. The number of oxazole rings is 1. The Morgan fingerprint density at radius 1 is 1.38 bits per heavy atom. The van der Waals surface area contributed by atoms with E-state index in [1.807, 2.05) is 6.07 Å². The maximum Gasteiger partial charge on any atom is 0.251 e. The molecule has 21 heavy (non-hydrogen) atoms. The zero-order valence-corrected chi connectivity index (χ0v) is 11.9. The predicted molar refractivity (Wildman–Crippen MR) is 75.3 cm³/mol. The first-order valence-corrected chi connectivity index (χ1v) is 6.78. The van der Waals surface area contributed by atoms with Gasteiger partial charge in [-0.2, -0.15) is 0 Å². The third kappa shape index (κ3) is 4.77. The smallest absolute Gasteiger partial charge is 0.251 e. The Hall–Kier alpha value is -1.50. The summed E-state index contributed by atoms with van der Waals surface area (Å²) < 4.78 is 30.4. The Kier molecular flexibility index (Phi) is 5.67. The fourth-order valence-corrected chi connectivity index (χ4v) is 2.11. The van der Waals surface area contributed by atoms with Gasteiger partial charge in [-0.1, -0.05) is 23.7 Å². The molecule has 2 aromatic rings. The van der Waals surface area contributed by atoms with Crippen LogP contribution in [0.25, 0.3) is 11.3 Å². The van der Waals surface area contributed by atoms with Gasteiger partial charge in [-0.15, -0.1) is 0 Å². The number of hydrogen-bond donors (Lipinski definition) is 1. The van der Waals surface area contributed by atoms with E-state index in [9.17, 15) is 8.78 Å². The molecule has 2 rings (SSSR count). The number of alkyl halides is 2. The standard InChI is InChI=1S/C14H15ClF2N2O2/c15-11-3-1-2-10(6-11)12-7-18-14(21-12)9-19(4-5-20)8-13(16)17/h1-3,6-7,13,20H,4-5,8-9H2. The summed E-state index contributed by atoms with van der Waals surface area (Å²) in [5, 5.41) is 9.46. The molecule has 0 fully saturated rings. The van der Waals surface area contributed by atoms with E-state index in [-0.39, 0.29) is 19.7 Å². The number of aliphatic hydroxyl groups is 1. The van der Waals surface area contributed by atoms with Gasteiger partial charge in [-0.3, -0.25) is 4.90 Å². The first kappa shape index (κ1) is 15.9. The molecule has 0 atom stereocenters. The van der Waals surface area contributed by atoms with Crippen LogP contribution in [0.2, 0.25) is 5.02 Å². The van der Waals surface area contributed by atoms with Crippen molar-refractivity contribution < 1.29 is 18.3 Å². The van der Waals surface area contributed by atoms with Crippen LogP contribution in [-0.4, -0.2) is 41.1 Å². The van der Waals surface area contributed by atoms with Crippen molar-refractivity contribution in [3.63, 3.8) is 0 Å². The van der Waals surface area contributed by atoms with E-state index in [0.29, 0.717) is 16.7 Å². The van der Waals surface area contributed by atoms with E-state index in [2.05, 4.69) is 4.98 Å². The summed E-state index contributed by atoms with van der Waals surface area (Å²) >= 11 is 5.90. The van der Waals surface area contributed by atoms with E-state index in [1.54, 1.807) is 18.2 Å². The number of rotatable bonds is 7. The predicted octanol–water partition coefficient (Wildman–Crippen LogP) is 3.05. The fourth-order valence-electron chi connectivity index (χ4n) is 1.92. The summed E-state index contributed by atoms with van der Waals surface area (Å²) in [7, 11) is 0. The Bertz CT molecular complexity index is 578. The van der Waals surface area contributed by atoms with Crippen molar-refractivity contribution in [2.75, 3.05) is 19.7 Å². The highest BCUT2D eigenvalue weighted by molar-refractivity contribution is 6.30. The van der Waals surface area contributed by atoms with Gasteiger partial charge < -0.3 is 9.52 Å². The van der Waals surface area contributed by atoms with Gasteiger partial charge in [0, 0.05) is 17.1 Å². The highest BCUT2D eigenvalue weighted by Gasteiger charge is 2.15. The van der Waals surface area contributed by atoms with Gasteiger partial charge >= 0.3 is 0 Å². The molecular weight excluding hydrogens is 302 g/mol. The molecule has 0 aliphatic heterocycles. The molecule has 0 saturated carbocycles. The first-order valence-electron chi connectivity index (χ1n) is 6.40. The molecule has 1 N–H and O–H groups in total. The van der Waals surface area contributed by atoms with E-state index >= 15 is 0 Å². The zero-order chi connectivity index (χ0) is 15.2. The summed E-state index contributed by atoms with van der Waals surface area (Å²) in [6.45, 7) is -0.380. The number of aromatic nitrogens is 1. The number of benzene rings is 1. The fraction of sp³-hybridized carbons (Fsp3) is 0.357. The molecule has 0 amide bonds. The third-order valence-corrected chi connectivity index (χ3v) is 3.07. The van der Waals surface area contributed by atoms with Gasteiger partial charge in [0.05, 0.1) is 25.9 Å². The van der Waals surface area contributed by atoms with Crippen molar-refractivity contribution in [1.82, 2.24) is 9.88 Å². The Morgan fingerprint density at radius 3 is 2.86 bits per heavy atom. The van der Waals surface area contributed by atoms with Crippen LogP contribution < -0.4 is 0 Å². The van der Waals surface area contributed by atoms with Crippen LogP contribution in [0.4, 0.5) is 8.78 Å². The summed E-state index contributed by atoms with van der Waals surface area (Å²) in [5.74, 6) is 0.840. The molecule has 0 radical (unpaired) electrons. The maximum atomic E-state index is 12.4. The van der Waals surface area contributed by atoms with Crippen LogP contribution in [-0.2, 0) is 6.54 Å². The third-order valence-electron chi connectivity index (χ3n) is 2.83. The summed E-state index contributed by atoms with van der Waals surface area (Å²) in [6.07, 6.45) is -0.945. The largest absolute Gasteiger partial charge is 0.439 e. The molecule has 0 saturated heterocycles. The van der Waals surface area contributed by atoms with Crippen molar-refractivity contribution in [2.24, 2.45) is 0 Å². The molecule has 0 aliphatic carbocycles. The topological polar surface area (TPSA) is 49.5 Å². The molecule has 114 valence electrons. The van der Waals surface area contributed by atoms with Crippen LogP contribution in [0.3, 0.4) is 0 Å². The second-order valence-corrected chi connectivity index (χ2v) is 4.91. The normalized spacial score (nSPS) is 11.5. The monoisotopic (exact) mass is 316 g/mol. The zero-order valence-electron chi connectivity index (χ0n) is 11.2. The lowest BCUT2D eigenvalue weighted by molar-refractivity contribution is 0.0704. The van der Waals surface area contributed by atoms with Crippen molar-refractivity contribution in [1.29, 1.82) is 0 Å². The molecule has 0 bridgehead atoms. The van der Waals surface area contributed by atoms with Gasteiger partial charge in [0.2, 0.25) is 5.89 Å². The molecule has 4 nitrogen and oxygen atoms in total. The van der Waals surface area contributed by atoms with Crippen LogP contribution in [0, 0.1) is 0 Å². The van der Waals surface area contributed by atoms with Gasteiger partial charge in [0.15, 0.2) is 5.76 Å². The quantitative estimate of drug-likeness (QED) is 0.853. The maximum absolute atomic E-state index is 12.4. The average molecular weight is 317 g/mol. The number of hydrogen-bond acceptors (Lipinski definition) is 4. The Labute approximate surface area is 126 Å². The minimum Gasteiger partial charge on any atom is -0.439 e. The number of nitrogens with zero attached hydrogens (tertiary/aromatic N) is 2. The summed E-state index contributed by atoms with van der Waals surface area (Å²) in [5.41, 5.74) is 0.767. The van der Waals surface area contributed by atoms with Crippen LogP contribution >= 0.6 is 11.6 Å². The van der Waals surface area contributed by atoms with Crippen molar-refractivity contribution in [3.8, 4) is 11.3 Å². The summed E-state index contributed by atoms with van der Waals surface area (Å²) in [6, 6.07) is 7.08. The highest BCUT2D eigenvalue weighted by atomic mass is 35.5. The molecule has 0 aliphatic rings. The average Bonchev–Trinajstić information content (AvgIpc) is 2.87. The SMILES string of the molecule is OCCN(Cc1ncc(-c2cccc(Cl)c2)o1)CC(F)F. The molecule has 1 aromatic carbocycles. The van der Waals surface area contributed by atoms with Crippen molar-refractivity contribution >= 4 is 11.6 Å². The van der Waals surface area contributed by atoms with Crippen LogP contribution in [0.15, 0.2) is 34.9 Å². The molecule has 1 aromatic heterocycles. The lowest BCUT2D eigenvalue weighted by atomic mass is 10.2. The van der Waals surface area contributed by atoms with E-state index in [1.165, 1.54) is 11.1 Å². The molecule has 0 unspecified atom stereocenters. The van der Waals surface area contributed by atoms with Gasteiger partial charge in [-0.05, 0) is 12.1 Å². The minimum absolute atomic E-state index is 0.117. The van der Waals surface area contributed by atoms with Crippen molar-refractivity contribution in [2.45, 2.75) is 13.0 Å². The molecule has 7 heteroatoms. The highest BCUT2D eigenvalue weighted by Crippen LogP contribution is 2.23. The summed E-state index contributed by atoms with van der Waals surface area (Å²) in [4.78, 5) is 5.46.